The highest BCUT2D eigenvalue weighted by Gasteiger charge is 2.16. The largest absolute Gasteiger partial charge is 0.467 e. The van der Waals surface area contributed by atoms with Gasteiger partial charge in [-0.15, -0.1) is 10.2 Å². The quantitative estimate of drug-likeness (QED) is 0.366. The van der Waals surface area contributed by atoms with Crippen molar-refractivity contribution in [1.29, 1.82) is 0 Å². The monoisotopic (exact) mass is 414 g/mol. The summed E-state index contributed by atoms with van der Waals surface area (Å²) in [4.78, 5) is 4.21. The van der Waals surface area contributed by atoms with E-state index in [0.717, 1.165) is 39.3 Å². The molecule has 8 heteroatoms. The molecular weight excluding hydrogens is 396 g/mol. The molecule has 0 saturated heterocycles. The Hall–Kier alpha value is -3.65. The average Bonchev–Trinajstić information content (AvgIpc) is 3.56. The Kier molecular flexibility index (Phi) is 5.14. The molecule has 0 aliphatic rings. The Bertz CT molecular complexity index is 1220. The van der Waals surface area contributed by atoms with E-state index in [1.807, 2.05) is 71.7 Å². The third-order valence-corrected chi connectivity index (χ3v) is 5.59. The van der Waals surface area contributed by atoms with E-state index in [1.54, 1.807) is 30.4 Å². The van der Waals surface area contributed by atoms with Crippen LogP contribution in [0.1, 0.15) is 11.3 Å². The second-order valence-electron chi connectivity index (χ2n) is 6.63. The number of para-hydroxylation sites is 1. The van der Waals surface area contributed by atoms with Gasteiger partial charge < -0.3 is 4.42 Å². The number of aromatic nitrogens is 6. The van der Waals surface area contributed by atoms with Crippen LogP contribution in [0, 0.1) is 0 Å². The fourth-order valence-corrected chi connectivity index (χ4v) is 3.96. The topological polar surface area (TPSA) is 74.6 Å². The number of rotatable bonds is 7. The summed E-state index contributed by atoms with van der Waals surface area (Å²) >= 11 is 1.62. The molecule has 0 N–H and O–H groups in total. The third kappa shape index (κ3) is 3.90. The molecule has 5 rings (SSSR count). The van der Waals surface area contributed by atoms with Gasteiger partial charge in [0.2, 0.25) is 0 Å². The number of nitrogens with zero attached hydrogens (tertiary/aromatic N) is 6. The van der Waals surface area contributed by atoms with Crippen molar-refractivity contribution in [3.63, 3.8) is 0 Å². The first-order chi connectivity index (χ1) is 14.9. The molecule has 7 nitrogen and oxygen atoms in total. The van der Waals surface area contributed by atoms with Crippen LogP contribution in [0.3, 0.4) is 0 Å². The highest BCUT2D eigenvalue weighted by molar-refractivity contribution is 7.98. The first-order valence-corrected chi connectivity index (χ1v) is 10.4. The molecule has 5 aromatic rings. The predicted molar refractivity (Wildman–Crippen MR) is 114 cm³/mol. The van der Waals surface area contributed by atoms with E-state index in [4.69, 9.17) is 4.42 Å². The summed E-state index contributed by atoms with van der Waals surface area (Å²) in [5.41, 5.74) is 3.06. The summed E-state index contributed by atoms with van der Waals surface area (Å²) in [6.45, 7) is 0.551. The molecule has 0 saturated carbocycles. The second-order valence-corrected chi connectivity index (χ2v) is 7.57. The first kappa shape index (κ1) is 18.4. The maximum atomic E-state index is 5.55. The molecule has 0 aliphatic carbocycles. The molecule has 0 radical (unpaired) electrons. The van der Waals surface area contributed by atoms with Crippen LogP contribution < -0.4 is 0 Å². The van der Waals surface area contributed by atoms with Crippen LogP contribution in [-0.4, -0.2) is 29.5 Å². The normalized spacial score (nSPS) is 11.1. The fourth-order valence-electron chi connectivity index (χ4n) is 3.11. The van der Waals surface area contributed by atoms with Gasteiger partial charge in [0.25, 0.3) is 0 Å². The molecule has 0 spiro atoms. The van der Waals surface area contributed by atoms with Gasteiger partial charge in [-0.05, 0) is 36.4 Å². The Labute approximate surface area is 177 Å². The highest BCUT2D eigenvalue weighted by atomic mass is 32.2. The van der Waals surface area contributed by atoms with Crippen molar-refractivity contribution >= 4 is 11.8 Å². The van der Waals surface area contributed by atoms with Gasteiger partial charge in [0, 0.05) is 35.5 Å². The van der Waals surface area contributed by atoms with E-state index in [9.17, 15) is 0 Å². The summed E-state index contributed by atoms with van der Waals surface area (Å²) in [5.74, 6) is 2.34. The van der Waals surface area contributed by atoms with Crippen LogP contribution in [0.4, 0.5) is 0 Å². The minimum Gasteiger partial charge on any atom is -0.467 e. The van der Waals surface area contributed by atoms with Crippen molar-refractivity contribution < 1.29 is 4.42 Å². The lowest BCUT2D eigenvalue weighted by molar-refractivity contribution is 0.485. The number of pyridine rings is 1. The van der Waals surface area contributed by atoms with Gasteiger partial charge in [0.1, 0.15) is 5.76 Å². The van der Waals surface area contributed by atoms with Gasteiger partial charge in [-0.25, -0.2) is 4.68 Å². The second kappa shape index (κ2) is 8.38. The third-order valence-electron chi connectivity index (χ3n) is 4.56. The molecular formula is C22H18N6OS. The Morgan fingerprint density at radius 2 is 1.87 bits per heavy atom. The summed E-state index contributed by atoms with van der Waals surface area (Å²) in [5, 5.41) is 14.1. The van der Waals surface area contributed by atoms with E-state index in [0.29, 0.717) is 6.54 Å². The average molecular weight is 414 g/mol. The SMILES string of the molecule is c1ccc(-n2cc(CSc3nnc(-c4cccnc4)n3Cc3ccco3)cn2)cc1. The number of thioether (sulfide) groups is 1. The van der Waals surface area contributed by atoms with Crippen LogP contribution in [0.2, 0.25) is 0 Å². The van der Waals surface area contributed by atoms with Crippen molar-refractivity contribution in [3.05, 3.63) is 97.0 Å². The van der Waals surface area contributed by atoms with Crippen molar-refractivity contribution in [3.8, 4) is 17.1 Å². The molecule has 0 unspecified atom stereocenters. The lowest BCUT2D eigenvalue weighted by Crippen LogP contribution is -2.03. The van der Waals surface area contributed by atoms with E-state index < -0.39 is 0 Å². The molecule has 0 bridgehead atoms. The zero-order valence-corrected chi connectivity index (χ0v) is 16.8. The van der Waals surface area contributed by atoms with Gasteiger partial charge in [0.15, 0.2) is 11.0 Å². The lowest BCUT2D eigenvalue weighted by Gasteiger charge is -2.08. The zero-order chi connectivity index (χ0) is 20.2. The molecule has 0 fully saturated rings. The summed E-state index contributed by atoms with van der Waals surface area (Å²) in [7, 11) is 0. The fraction of sp³-hybridized carbons (Fsp3) is 0.0909. The van der Waals surface area contributed by atoms with Gasteiger partial charge >= 0.3 is 0 Å². The molecule has 1 aromatic carbocycles. The van der Waals surface area contributed by atoms with Gasteiger partial charge in [-0.2, -0.15) is 5.10 Å². The van der Waals surface area contributed by atoms with Crippen molar-refractivity contribution in [2.45, 2.75) is 17.5 Å². The molecule has 148 valence electrons. The number of furan rings is 1. The van der Waals surface area contributed by atoms with Crippen molar-refractivity contribution in [2.75, 3.05) is 0 Å². The van der Waals surface area contributed by atoms with Gasteiger partial charge in [-0.1, -0.05) is 30.0 Å². The first-order valence-electron chi connectivity index (χ1n) is 9.44. The minimum absolute atomic E-state index is 0.551. The number of hydrogen-bond donors (Lipinski definition) is 0. The van der Waals surface area contributed by atoms with Gasteiger partial charge in [-0.3, -0.25) is 9.55 Å². The van der Waals surface area contributed by atoms with E-state index in [2.05, 4.69) is 24.8 Å². The highest BCUT2D eigenvalue weighted by Crippen LogP contribution is 2.27. The van der Waals surface area contributed by atoms with Crippen LogP contribution in [0.15, 0.2) is 95.2 Å². The lowest BCUT2D eigenvalue weighted by atomic mass is 10.2. The van der Waals surface area contributed by atoms with E-state index in [-0.39, 0.29) is 0 Å². The Balaban J connectivity index is 1.39. The number of benzene rings is 1. The smallest absolute Gasteiger partial charge is 0.192 e. The molecule has 0 amide bonds. The van der Waals surface area contributed by atoms with Crippen LogP contribution in [-0.2, 0) is 12.3 Å². The maximum absolute atomic E-state index is 5.55. The maximum Gasteiger partial charge on any atom is 0.192 e. The Morgan fingerprint density at radius 1 is 0.933 bits per heavy atom. The minimum atomic E-state index is 0.551. The van der Waals surface area contributed by atoms with E-state index in [1.165, 1.54) is 0 Å². The van der Waals surface area contributed by atoms with Gasteiger partial charge in [0.05, 0.1) is 24.7 Å². The summed E-state index contributed by atoms with van der Waals surface area (Å²) < 4.78 is 9.49. The summed E-state index contributed by atoms with van der Waals surface area (Å²) in [6, 6.07) is 17.8. The molecule has 30 heavy (non-hydrogen) atoms. The van der Waals surface area contributed by atoms with Crippen LogP contribution in [0.25, 0.3) is 17.1 Å². The van der Waals surface area contributed by atoms with Crippen molar-refractivity contribution in [2.24, 2.45) is 0 Å². The Morgan fingerprint density at radius 3 is 2.67 bits per heavy atom. The van der Waals surface area contributed by atoms with Crippen LogP contribution >= 0.6 is 11.8 Å². The molecule has 0 aliphatic heterocycles. The summed E-state index contributed by atoms with van der Waals surface area (Å²) in [6.07, 6.45) is 9.14. The van der Waals surface area contributed by atoms with Crippen molar-refractivity contribution in [1.82, 2.24) is 29.5 Å². The molecule has 4 aromatic heterocycles. The zero-order valence-electron chi connectivity index (χ0n) is 16.0. The number of hydrogen-bond acceptors (Lipinski definition) is 6. The van der Waals surface area contributed by atoms with E-state index >= 15 is 0 Å². The van der Waals surface area contributed by atoms with Crippen LogP contribution in [0.5, 0.6) is 0 Å². The predicted octanol–water partition coefficient (Wildman–Crippen LogP) is 4.46. The standard InChI is InChI=1S/C22H18N6OS/c1-2-7-19(8-3-1)28-14-17(12-24-28)16-30-22-26-25-21(18-6-4-10-23-13-18)27(22)15-20-9-5-11-29-20/h1-14H,15-16H2. The molecule has 0 atom stereocenters. The molecule has 4 heterocycles.